The molecule has 20 heavy (non-hydrogen) atoms. The van der Waals surface area contributed by atoms with Gasteiger partial charge in [-0.25, -0.2) is 9.82 Å². The number of rotatable bonds is 3. The van der Waals surface area contributed by atoms with E-state index in [0.29, 0.717) is 5.39 Å². The molecule has 1 aromatic heterocycles. The minimum Gasteiger partial charge on any atom is -0.271 e. The second kappa shape index (κ2) is 5.32. The Morgan fingerprint density at radius 2 is 1.80 bits per heavy atom. The van der Waals surface area contributed by atoms with Gasteiger partial charge in [0.05, 0.1) is 6.04 Å². The second-order valence-corrected chi connectivity index (χ2v) is 5.83. The molecule has 3 N–H and O–H groups in total. The highest BCUT2D eigenvalue weighted by Gasteiger charge is 2.18. The summed E-state index contributed by atoms with van der Waals surface area (Å²) in [5.41, 5.74) is 4.98. The average Bonchev–Trinajstić information content (AvgIpc) is 2.89. The van der Waals surface area contributed by atoms with Crippen LogP contribution in [0.1, 0.15) is 22.0 Å². The van der Waals surface area contributed by atoms with E-state index in [1.165, 1.54) is 10.9 Å². The lowest BCUT2D eigenvalue weighted by molar-refractivity contribution is 0.627. The van der Waals surface area contributed by atoms with Crippen molar-refractivity contribution in [3.05, 3.63) is 69.7 Å². The normalized spacial score (nSPS) is 12.8. The van der Waals surface area contributed by atoms with E-state index in [-0.39, 0.29) is 11.9 Å². The van der Waals surface area contributed by atoms with E-state index >= 15 is 0 Å². The molecule has 0 aliphatic carbocycles. The van der Waals surface area contributed by atoms with Crippen molar-refractivity contribution >= 4 is 22.1 Å². The van der Waals surface area contributed by atoms with Crippen LogP contribution in [0.5, 0.6) is 0 Å². The predicted octanol–water partition coefficient (Wildman–Crippen LogP) is 3.90. The van der Waals surface area contributed by atoms with Gasteiger partial charge < -0.3 is 0 Å². The Hall–Kier alpha value is -1.75. The van der Waals surface area contributed by atoms with Crippen LogP contribution in [0.2, 0.25) is 0 Å². The fourth-order valence-corrected chi connectivity index (χ4v) is 3.32. The van der Waals surface area contributed by atoms with Crippen molar-refractivity contribution in [2.45, 2.75) is 13.0 Å². The van der Waals surface area contributed by atoms with Crippen LogP contribution in [0.25, 0.3) is 10.8 Å². The van der Waals surface area contributed by atoms with Crippen LogP contribution >= 0.6 is 11.3 Å². The molecule has 2 nitrogen and oxygen atoms in total. The van der Waals surface area contributed by atoms with Crippen LogP contribution in [-0.4, -0.2) is 0 Å². The molecule has 0 aliphatic rings. The topological polar surface area (TPSA) is 38.0 Å². The standard InChI is InChI=1S/C16H15FN2S/c1-10-11(8-9-20-10)16(19-18)14-6-7-15(17)13-5-3-2-4-12(13)14/h2-9,16,19H,18H2,1H3. The van der Waals surface area contributed by atoms with Gasteiger partial charge in [-0.05, 0) is 40.9 Å². The number of hydrazine groups is 1. The summed E-state index contributed by atoms with van der Waals surface area (Å²) in [6.07, 6.45) is 0. The Balaban J connectivity index is 2.23. The zero-order valence-corrected chi connectivity index (χ0v) is 11.9. The van der Waals surface area contributed by atoms with Crippen molar-refractivity contribution in [1.82, 2.24) is 5.43 Å². The van der Waals surface area contributed by atoms with Gasteiger partial charge >= 0.3 is 0 Å². The Morgan fingerprint density at radius 1 is 1.05 bits per heavy atom. The molecule has 2 aromatic carbocycles. The molecule has 4 heteroatoms. The van der Waals surface area contributed by atoms with Crippen molar-refractivity contribution in [3.63, 3.8) is 0 Å². The van der Waals surface area contributed by atoms with E-state index in [4.69, 9.17) is 5.84 Å². The summed E-state index contributed by atoms with van der Waals surface area (Å²) in [6, 6.07) is 12.7. The number of benzene rings is 2. The zero-order valence-electron chi connectivity index (χ0n) is 11.1. The summed E-state index contributed by atoms with van der Waals surface area (Å²) in [5, 5.41) is 3.56. The van der Waals surface area contributed by atoms with Gasteiger partial charge in [0.2, 0.25) is 0 Å². The monoisotopic (exact) mass is 286 g/mol. The van der Waals surface area contributed by atoms with Crippen molar-refractivity contribution in [2.24, 2.45) is 5.84 Å². The van der Waals surface area contributed by atoms with Crippen LogP contribution in [0.3, 0.4) is 0 Å². The molecular formula is C16H15FN2S. The van der Waals surface area contributed by atoms with E-state index in [1.807, 2.05) is 23.6 Å². The number of nitrogens with one attached hydrogen (secondary N) is 1. The maximum atomic E-state index is 13.9. The first-order valence-electron chi connectivity index (χ1n) is 6.39. The Morgan fingerprint density at radius 3 is 2.45 bits per heavy atom. The van der Waals surface area contributed by atoms with Gasteiger partial charge in [-0.2, -0.15) is 0 Å². The summed E-state index contributed by atoms with van der Waals surface area (Å²) in [4.78, 5) is 1.21. The first kappa shape index (κ1) is 13.2. The smallest absolute Gasteiger partial charge is 0.131 e. The van der Waals surface area contributed by atoms with Crippen LogP contribution in [0.15, 0.2) is 47.8 Å². The SMILES string of the molecule is Cc1sccc1C(NN)c1ccc(F)c2ccccc12. The number of thiophene rings is 1. The van der Waals surface area contributed by atoms with Crippen LogP contribution in [0.4, 0.5) is 4.39 Å². The van der Waals surface area contributed by atoms with Crippen LogP contribution < -0.4 is 11.3 Å². The fourth-order valence-electron chi connectivity index (χ4n) is 2.58. The minimum atomic E-state index is -0.206. The third-order valence-electron chi connectivity index (χ3n) is 3.59. The van der Waals surface area contributed by atoms with E-state index in [0.717, 1.165) is 16.5 Å². The molecule has 0 fully saturated rings. The van der Waals surface area contributed by atoms with Crippen molar-refractivity contribution in [2.75, 3.05) is 0 Å². The van der Waals surface area contributed by atoms with Crippen LogP contribution in [0, 0.1) is 12.7 Å². The van der Waals surface area contributed by atoms with Gasteiger partial charge in [-0.15, -0.1) is 11.3 Å². The Labute approximate surface area is 121 Å². The molecule has 3 aromatic rings. The summed E-state index contributed by atoms with van der Waals surface area (Å²) in [5.74, 6) is 5.55. The highest BCUT2D eigenvalue weighted by Crippen LogP contribution is 2.32. The van der Waals surface area contributed by atoms with Crippen LogP contribution in [-0.2, 0) is 0 Å². The predicted molar refractivity (Wildman–Crippen MR) is 82.1 cm³/mol. The molecule has 3 rings (SSSR count). The highest BCUT2D eigenvalue weighted by molar-refractivity contribution is 7.10. The number of fused-ring (bicyclic) bond motifs is 1. The summed E-state index contributed by atoms with van der Waals surface area (Å²) in [6.45, 7) is 2.07. The van der Waals surface area contributed by atoms with E-state index in [1.54, 1.807) is 23.5 Å². The van der Waals surface area contributed by atoms with Gasteiger partial charge in [0.25, 0.3) is 0 Å². The van der Waals surface area contributed by atoms with Crippen molar-refractivity contribution in [3.8, 4) is 0 Å². The summed E-state index contributed by atoms with van der Waals surface area (Å²) < 4.78 is 13.9. The molecular weight excluding hydrogens is 271 g/mol. The lowest BCUT2D eigenvalue weighted by Crippen LogP contribution is -2.29. The van der Waals surface area contributed by atoms with Gasteiger partial charge in [-0.3, -0.25) is 5.84 Å². The molecule has 1 heterocycles. The molecule has 0 aliphatic heterocycles. The molecule has 0 amide bonds. The number of aryl methyl sites for hydroxylation is 1. The summed E-state index contributed by atoms with van der Waals surface area (Å²) in [7, 11) is 0. The third-order valence-corrected chi connectivity index (χ3v) is 4.45. The maximum Gasteiger partial charge on any atom is 0.131 e. The first-order valence-corrected chi connectivity index (χ1v) is 7.27. The van der Waals surface area contributed by atoms with Crippen molar-refractivity contribution in [1.29, 1.82) is 0 Å². The molecule has 0 saturated carbocycles. The molecule has 0 saturated heterocycles. The van der Waals surface area contributed by atoms with E-state index in [9.17, 15) is 4.39 Å². The molecule has 102 valence electrons. The molecule has 1 atom stereocenters. The molecule has 0 radical (unpaired) electrons. The Kier molecular flexibility index (Phi) is 3.53. The quantitative estimate of drug-likeness (QED) is 0.566. The molecule has 0 bridgehead atoms. The molecule has 1 unspecified atom stereocenters. The van der Waals surface area contributed by atoms with Gasteiger partial charge in [0.15, 0.2) is 0 Å². The first-order chi connectivity index (χ1) is 9.72. The van der Waals surface area contributed by atoms with E-state index < -0.39 is 0 Å². The number of hydrogen-bond donors (Lipinski definition) is 2. The number of hydrogen-bond acceptors (Lipinski definition) is 3. The minimum absolute atomic E-state index is 0.133. The van der Waals surface area contributed by atoms with Gasteiger partial charge in [0, 0.05) is 10.3 Å². The lowest BCUT2D eigenvalue weighted by atomic mass is 9.94. The van der Waals surface area contributed by atoms with Gasteiger partial charge in [0.1, 0.15) is 5.82 Å². The third kappa shape index (κ3) is 2.12. The van der Waals surface area contributed by atoms with Gasteiger partial charge in [-0.1, -0.05) is 30.3 Å². The second-order valence-electron chi connectivity index (χ2n) is 4.71. The fraction of sp³-hybridized carbons (Fsp3) is 0.125. The zero-order chi connectivity index (χ0) is 14.1. The Bertz CT molecular complexity index is 751. The number of halogens is 1. The molecule has 0 spiro atoms. The van der Waals surface area contributed by atoms with Crippen molar-refractivity contribution < 1.29 is 4.39 Å². The summed E-state index contributed by atoms with van der Waals surface area (Å²) >= 11 is 1.68. The van der Waals surface area contributed by atoms with E-state index in [2.05, 4.69) is 18.4 Å². The number of nitrogens with two attached hydrogens (primary N) is 1. The lowest BCUT2D eigenvalue weighted by Gasteiger charge is -2.19. The highest BCUT2D eigenvalue weighted by atomic mass is 32.1. The maximum absolute atomic E-state index is 13.9. The largest absolute Gasteiger partial charge is 0.271 e. The average molecular weight is 286 g/mol.